The predicted octanol–water partition coefficient (Wildman–Crippen LogP) is -1.77. The van der Waals surface area contributed by atoms with E-state index in [1.165, 1.54) is 4.90 Å². The molecule has 0 aliphatic carbocycles. The van der Waals surface area contributed by atoms with Crippen LogP contribution in [0.4, 0.5) is 4.79 Å². The molecule has 0 saturated carbocycles. The van der Waals surface area contributed by atoms with Gasteiger partial charge < -0.3 is 10.2 Å². The van der Waals surface area contributed by atoms with E-state index in [0.717, 1.165) is 6.26 Å². The smallest absolute Gasteiger partial charge is 0.322 e. The van der Waals surface area contributed by atoms with Crippen LogP contribution in [0.5, 0.6) is 0 Å². The molecule has 0 aromatic carbocycles. The number of imide groups is 1. The summed E-state index contributed by atoms with van der Waals surface area (Å²) in [4.78, 5) is 36.1. The summed E-state index contributed by atoms with van der Waals surface area (Å²) in [6.07, 6.45) is 1.95. The molecular weight excluding hydrogens is 274 g/mol. The second-order valence-electron chi connectivity index (χ2n) is 4.98. The van der Waals surface area contributed by atoms with Gasteiger partial charge in [-0.2, -0.15) is 0 Å². The van der Waals surface area contributed by atoms with Gasteiger partial charge in [-0.15, -0.1) is 0 Å². The van der Waals surface area contributed by atoms with Crippen molar-refractivity contribution in [3.63, 3.8) is 0 Å². The van der Waals surface area contributed by atoms with Gasteiger partial charge in [0.25, 0.3) is 5.91 Å². The van der Waals surface area contributed by atoms with Gasteiger partial charge in [-0.3, -0.25) is 14.9 Å². The summed E-state index contributed by atoms with van der Waals surface area (Å²) in [5.74, 6) is -1.59. The monoisotopic (exact) mass is 289 g/mol. The fourth-order valence-corrected chi connectivity index (χ4v) is 3.03. The fourth-order valence-electron chi connectivity index (χ4n) is 2.40. The second kappa shape index (κ2) is 4.48. The minimum absolute atomic E-state index is 0.0128. The van der Waals surface area contributed by atoms with Gasteiger partial charge in [0.05, 0.1) is 6.54 Å². The Labute approximate surface area is 110 Å². The Morgan fingerprint density at radius 1 is 1.42 bits per heavy atom. The average molecular weight is 289 g/mol. The average Bonchev–Trinajstić information content (AvgIpc) is 2.51. The third kappa shape index (κ3) is 2.86. The zero-order valence-electron chi connectivity index (χ0n) is 10.4. The second-order valence-corrected chi connectivity index (χ2v) is 7.12. The number of nitrogens with one attached hydrogen (secondary N) is 2. The first-order chi connectivity index (χ1) is 8.72. The van der Waals surface area contributed by atoms with Crippen molar-refractivity contribution in [2.45, 2.75) is 18.4 Å². The largest absolute Gasteiger partial charge is 0.339 e. The van der Waals surface area contributed by atoms with Crippen molar-refractivity contribution in [3.8, 4) is 0 Å². The first kappa shape index (κ1) is 13.8. The number of amides is 4. The first-order valence-corrected chi connectivity index (χ1v) is 7.87. The molecule has 1 unspecified atom stereocenters. The summed E-state index contributed by atoms with van der Waals surface area (Å²) in [6, 6.07) is -0.581. The highest BCUT2D eigenvalue weighted by Crippen LogP contribution is 2.24. The molecule has 2 fully saturated rings. The molecule has 8 nitrogen and oxygen atoms in total. The zero-order valence-corrected chi connectivity index (χ0v) is 11.2. The lowest BCUT2D eigenvalue weighted by atomic mass is 9.89. The Morgan fingerprint density at radius 2 is 2.11 bits per heavy atom. The summed E-state index contributed by atoms with van der Waals surface area (Å²) in [5, 5.41) is 4.66. The molecule has 2 rings (SSSR count). The number of carbonyl (C=O) groups is 3. The molecule has 0 bridgehead atoms. The molecule has 1 spiro atoms. The van der Waals surface area contributed by atoms with Gasteiger partial charge in [0.2, 0.25) is 5.91 Å². The highest BCUT2D eigenvalue weighted by molar-refractivity contribution is 7.91. The Bertz CT molecular complexity index is 543. The summed E-state index contributed by atoms with van der Waals surface area (Å²) in [5.41, 5.74) is -1.11. The summed E-state index contributed by atoms with van der Waals surface area (Å²) in [7, 11) is -3.41. The third-order valence-corrected chi connectivity index (χ3v) is 4.02. The van der Waals surface area contributed by atoms with E-state index in [-0.39, 0.29) is 6.54 Å². The van der Waals surface area contributed by atoms with Crippen LogP contribution in [0.2, 0.25) is 0 Å². The molecule has 2 aliphatic heterocycles. The lowest BCUT2D eigenvalue weighted by molar-refractivity contribution is -0.134. The zero-order chi connectivity index (χ0) is 14.3. The molecule has 9 heteroatoms. The molecule has 2 saturated heterocycles. The summed E-state index contributed by atoms with van der Waals surface area (Å²) >= 11 is 0. The van der Waals surface area contributed by atoms with Gasteiger partial charge in [0.1, 0.15) is 11.3 Å². The molecule has 2 heterocycles. The quantitative estimate of drug-likeness (QED) is 0.584. The van der Waals surface area contributed by atoms with E-state index in [1.54, 1.807) is 0 Å². The Morgan fingerprint density at radius 3 is 2.63 bits per heavy atom. The lowest BCUT2D eigenvalue weighted by Crippen LogP contribution is -2.60. The van der Waals surface area contributed by atoms with E-state index in [9.17, 15) is 22.8 Å². The minimum atomic E-state index is -3.41. The van der Waals surface area contributed by atoms with Gasteiger partial charge in [-0.05, 0) is 12.8 Å². The summed E-state index contributed by atoms with van der Waals surface area (Å²) in [6.45, 7) is 0.401. The van der Waals surface area contributed by atoms with Crippen molar-refractivity contribution in [2.24, 2.45) is 0 Å². The molecule has 106 valence electrons. The van der Waals surface area contributed by atoms with E-state index in [0.29, 0.717) is 19.4 Å². The van der Waals surface area contributed by atoms with Crippen LogP contribution in [0.25, 0.3) is 0 Å². The number of urea groups is 1. The van der Waals surface area contributed by atoms with E-state index in [2.05, 4.69) is 10.6 Å². The van der Waals surface area contributed by atoms with E-state index in [4.69, 9.17) is 0 Å². The topological polar surface area (TPSA) is 113 Å². The van der Waals surface area contributed by atoms with Crippen LogP contribution in [0.1, 0.15) is 12.8 Å². The van der Waals surface area contributed by atoms with E-state index < -0.39 is 39.0 Å². The van der Waals surface area contributed by atoms with Crippen molar-refractivity contribution in [1.29, 1.82) is 0 Å². The van der Waals surface area contributed by atoms with Crippen LogP contribution in [0.3, 0.4) is 0 Å². The number of sulfone groups is 1. The molecule has 19 heavy (non-hydrogen) atoms. The highest BCUT2D eigenvalue weighted by atomic mass is 32.2. The van der Waals surface area contributed by atoms with Crippen LogP contribution in [-0.2, 0) is 19.4 Å². The predicted molar refractivity (Wildman–Crippen MR) is 64.9 cm³/mol. The van der Waals surface area contributed by atoms with Crippen molar-refractivity contribution in [2.75, 3.05) is 25.1 Å². The van der Waals surface area contributed by atoms with Crippen molar-refractivity contribution >= 4 is 27.7 Å². The molecule has 0 aromatic heterocycles. The van der Waals surface area contributed by atoms with Gasteiger partial charge in [0, 0.05) is 12.8 Å². The van der Waals surface area contributed by atoms with Crippen LogP contribution in [-0.4, -0.2) is 61.8 Å². The number of likely N-dealkylation sites (tertiary alicyclic amines) is 1. The Kier molecular flexibility index (Phi) is 3.25. The normalized spacial score (nSPS) is 27.3. The van der Waals surface area contributed by atoms with Crippen LogP contribution >= 0.6 is 0 Å². The molecule has 0 aromatic rings. The van der Waals surface area contributed by atoms with E-state index >= 15 is 0 Å². The molecule has 0 radical (unpaired) electrons. The molecule has 4 amide bonds. The van der Waals surface area contributed by atoms with Crippen LogP contribution < -0.4 is 10.6 Å². The number of hydrogen-bond donors (Lipinski definition) is 2. The first-order valence-electron chi connectivity index (χ1n) is 5.81. The van der Waals surface area contributed by atoms with Gasteiger partial charge in [0.15, 0.2) is 9.84 Å². The maximum Gasteiger partial charge on any atom is 0.322 e. The highest BCUT2D eigenvalue weighted by Gasteiger charge is 2.49. The molecule has 1 atom stereocenters. The number of hydrogen-bond acceptors (Lipinski definition) is 5. The standard InChI is InChI=1S/C10H15N3O5S/c1-19(17,18)5-7(14)13-4-2-3-10(6-13)8(15)11-9(16)12-10/h2-6H2,1H3,(H2,11,12,15,16). The van der Waals surface area contributed by atoms with Crippen molar-refractivity contribution < 1.29 is 22.8 Å². The number of nitrogens with zero attached hydrogens (tertiary/aromatic N) is 1. The third-order valence-electron chi connectivity index (χ3n) is 3.25. The van der Waals surface area contributed by atoms with Gasteiger partial charge >= 0.3 is 6.03 Å². The van der Waals surface area contributed by atoms with Gasteiger partial charge in [-0.1, -0.05) is 0 Å². The number of carbonyl (C=O) groups excluding carboxylic acids is 3. The van der Waals surface area contributed by atoms with Crippen molar-refractivity contribution in [3.05, 3.63) is 0 Å². The molecule has 2 aliphatic rings. The molecule has 2 N–H and O–H groups in total. The Balaban J connectivity index is 2.12. The summed E-state index contributed by atoms with van der Waals surface area (Å²) < 4.78 is 22.2. The Hall–Kier alpha value is -1.64. The number of rotatable bonds is 2. The minimum Gasteiger partial charge on any atom is -0.339 e. The maximum atomic E-state index is 11.8. The maximum absolute atomic E-state index is 11.8. The van der Waals surface area contributed by atoms with Crippen LogP contribution in [0.15, 0.2) is 0 Å². The van der Waals surface area contributed by atoms with Crippen molar-refractivity contribution in [1.82, 2.24) is 15.5 Å². The SMILES string of the molecule is CS(=O)(=O)CC(=O)N1CCCC2(C1)NC(=O)NC2=O. The number of piperidine rings is 1. The van der Waals surface area contributed by atoms with E-state index in [1.807, 2.05) is 0 Å². The molecular formula is C10H15N3O5S. The lowest BCUT2D eigenvalue weighted by Gasteiger charge is -2.37. The fraction of sp³-hybridized carbons (Fsp3) is 0.700. The van der Waals surface area contributed by atoms with Gasteiger partial charge in [-0.25, -0.2) is 13.2 Å². The van der Waals surface area contributed by atoms with Crippen LogP contribution in [0, 0.1) is 0 Å².